The normalized spacial score (nSPS) is 32.2. The fraction of sp³-hybridized carbons (Fsp3) is 0.867. The highest BCUT2D eigenvalue weighted by atomic mass is 79.9. The second-order valence-electron chi connectivity index (χ2n) is 5.98. The highest BCUT2D eigenvalue weighted by Crippen LogP contribution is 2.41. The summed E-state index contributed by atoms with van der Waals surface area (Å²) >= 11 is 3.57. The summed E-state index contributed by atoms with van der Waals surface area (Å²) in [5, 5.41) is 1.01. The number of halogens is 1. The molecule has 5 nitrogen and oxygen atoms in total. The monoisotopic (exact) mass is 361 g/mol. The molecule has 0 aromatic carbocycles. The van der Waals surface area contributed by atoms with E-state index >= 15 is 0 Å². The van der Waals surface area contributed by atoms with Crippen LogP contribution in [0.2, 0.25) is 0 Å². The maximum Gasteiger partial charge on any atom is 0.410 e. The number of carbonyl (C=O) groups excluding carboxylic acids is 2. The average Bonchev–Trinajstić information content (AvgIpc) is 2.52. The summed E-state index contributed by atoms with van der Waals surface area (Å²) < 4.78 is 9.98. The number of rotatable bonds is 3. The Bertz CT molecular complexity index is 390. The van der Waals surface area contributed by atoms with E-state index in [1.165, 1.54) is 13.5 Å². The van der Waals surface area contributed by atoms with E-state index in [2.05, 4.69) is 15.9 Å². The molecular formula is C15H24BrNO4. The third-order valence-electron chi connectivity index (χ3n) is 4.77. The molecule has 4 atom stereocenters. The maximum absolute atomic E-state index is 12.2. The zero-order valence-corrected chi connectivity index (χ0v) is 14.3. The number of carbonyl (C=O) groups is 2. The molecule has 0 bridgehead atoms. The molecule has 2 rings (SSSR count). The van der Waals surface area contributed by atoms with Crippen molar-refractivity contribution in [2.45, 2.75) is 38.6 Å². The van der Waals surface area contributed by atoms with E-state index < -0.39 is 12.1 Å². The quantitative estimate of drug-likeness (QED) is 0.572. The third-order valence-corrected chi connectivity index (χ3v) is 5.68. The van der Waals surface area contributed by atoms with Gasteiger partial charge in [0.25, 0.3) is 0 Å². The molecule has 2 aliphatic rings. The summed E-state index contributed by atoms with van der Waals surface area (Å²) in [5.74, 6) is 1.35. The highest BCUT2D eigenvalue weighted by molar-refractivity contribution is 9.09. The van der Waals surface area contributed by atoms with Gasteiger partial charge in [0.05, 0.1) is 13.7 Å². The lowest BCUT2D eigenvalue weighted by Crippen LogP contribution is -2.55. The van der Waals surface area contributed by atoms with Crippen molar-refractivity contribution in [3.63, 3.8) is 0 Å². The summed E-state index contributed by atoms with van der Waals surface area (Å²) in [4.78, 5) is 25.7. The molecule has 6 heteroatoms. The number of ether oxygens (including phenoxy) is 2. The van der Waals surface area contributed by atoms with Crippen molar-refractivity contribution in [3.8, 4) is 0 Å². The van der Waals surface area contributed by atoms with Crippen LogP contribution < -0.4 is 0 Å². The first-order valence-corrected chi connectivity index (χ1v) is 8.80. The number of esters is 1. The van der Waals surface area contributed by atoms with E-state index in [1.54, 1.807) is 11.8 Å². The lowest BCUT2D eigenvalue weighted by molar-refractivity contribution is -0.152. The van der Waals surface area contributed by atoms with Crippen molar-refractivity contribution in [1.82, 2.24) is 4.90 Å². The number of hydrogen-bond donors (Lipinski definition) is 0. The van der Waals surface area contributed by atoms with Crippen molar-refractivity contribution in [2.75, 3.05) is 25.6 Å². The molecular weight excluding hydrogens is 338 g/mol. The smallest absolute Gasteiger partial charge is 0.410 e. The summed E-state index contributed by atoms with van der Waals surface area (Å²) in [6, 6.07) is -0.493. The van der Waals surface area contributed by atoms with Crippen LogP contribution in [0.25, 0.3) is 0 Å². The molecule has 2 unspecified atom stereocenters. The average molecular weight is 362 g/mol. The first kappa shape index (κ1) is 16.6. The van der Waals surface area contributed by atoms with E-state index in [4.69, 9.17) is 9.47 Å². The molecule has 1 saturated heterocycles. The van der Waals surface area contributed by atoms with Gasteiger partial charge in [-0.2, -0.15) is 0 Å². The molecule has 0 N–H and O–H groups in total. The molecule has 0 radical (unpaired) electrons. The number of amides is 1. The van der Waals surface area contributed by atoms with Crippen molar-refractivity contribution >= 4 is 28.0 Å². The molecule has 1 saturated carbocycles. The second-order valence-corrected chi connectivity index (χ2v) is 6.63. The van der Waals surface area contributed by atoms with Crippen LogP contribution in [0.15, 0.2) is 0 Å². The summed E-state index contributed by atoms with van der Waals surface area (Å²) in [5.41, 5.74) is 0. The first-order valence-electron chi connectivity index (χ1n) is 7.67. The minimum absolute atomic E-state index is 0.303. The number of alkyl halides is 1. The molecule has 1 amide bonds. The zero-order chi connectivity index (χ0) is 15.4. The number of likely N-dealkylation sites (tertiary alicyclic amines) is 1. The number of nitrogens with zero attached hydrogens (tertiary/aromatic N) is 1. The predicted octanol–water partition coefficient (Wildman–Crippen LogP) is 2.82. The van der Waals surface area contributed by atoms with Gasteiger partial charge in [0.1, 0.15) is 6.04 Å². The van der Waals surface area contributed by atoms with Gasteiger partial charge in [-0.15, -0.1) is 0 Å². The lowest BCUT2D eigenvalue weighted by atomic mass is 9.69. The van der Waals surface area contributed by atoms with E-state index in [-0.39, 0.29) is 5.97 Å². The number of fused-ring (bicyclic) bond motifs is 1. The lowest BCUT2D eigenvalue weighted by Gasteiger charge is -2.45. The van der Waals surface area contributed by atoms with E-state index in [9.17, 15) is 9.59 Å². The van der Waals surface area contributed by atoms with Gasteiger partial charge in [0.15, 0.2) is 0 Å². The largest absolute Gasteiger partial charge is 0.464 e. The topological polar surface area (TPSA) is 55.8 Å². The van der Waals surface area contributed by atoms with Gasteiger partial charge in [0.2, 0.25) is 0 Å². The molecule has 120 valence electrons. The van der Waals surface area contributed by atoms with Gasteiger partial charge in [-0.1, -0.05) is 15.9 Å². The molecule has 0 aromatic rings. The van der Waals surface area contributed by atoms with Crippen molar-refractivity contribution in [3.05, 3.63) is 0 Å². The van der Waals surface area contributed by atoms with Crippen molar-refractivity contribution in [1.29, 1.82) is 0 Å². The molecule has 2 fully saturated rings. The van der Waals surface area contributed by atoms with Crippen molar-refractivity contribution in [2.24, 2.45) is 17.8 Å². The van der Waals surface area contributed by atoms with E-state index in [1.807, 2.05) is 0 Å². The maximum atomic E-state index is 12.2. The van der Waals surface area contributed by atoms with Gasteiger partial charge in [-0.3, -0.25) is 4.90 Å². The number of hydrogen-bond acceptors (Lipinski definition) is 4. The summed E-state index contributed by atoms with van der Waals surface area (Å²) in [6.45, 7) is 2.73. The first-order chi connectivity index (χ1) is 10.1. The highest BCUT2D eigenvalue weighted by Gasteiger charge is 2.44. The van der Waals surface area contributed by atoms with Gasteiger partial charge in [-0.05, 0) is 50.4 Å². The minimum atomic E-state index is -0.493. The van der Waals surface area contributed by atoms with Crippen LogP contribution in [0, 0.1) is 17.8 Å². The van der Waals surface area contributed by atoms with Crippen LogP contribution in [0.1, 0.15) is 32.6 Å². The molecule has 0 aromatic heterocycles. The Hall–Kier alpha value is -0.780. The Morgan fingerprint density at radius 2 is 2.00 bits per heavy atom. The van der Waals surface area contributed by atoms with Crippen LogP contribution in [-0.2, 0) is 14.3 Å². The van der Waals surface area contributed by atoms with Gasteiger partial charge >= 0.3 is 12.1 Å². The van der Waals surface area contributed by atoms with Gasteiger partial charge in [0, 0.05) is 11.9 Å². The number of methoxy groups -OCH3 is 1. The SMILES string of the molecule is CCOC(=O)C1CC2C[C@@H](CBr)CC[C@H]2CN1C(=O)OC. The Kier molecular flexibility index (Phi) is 5.90. The van der Waals surface area contributed by atoms with Crippen LogP contribution in [0.4, 0.5) is 4.79 Å². The van der Waals surface area contributed by atoms with Crippen LogP contribution >= 0.6 is 15.9 Å². The molecule has 1 heterocycles. The summed E-state index contributed by atoms with van der Waals surface area (Å²) in [7, 11) is 1.36. The Morgan fingerprint density at radius 1 is 1.24 bits per heavy atom. The van der Waals surface area contributed by atoms with Gasteiger partial charge < -0.3 is 9.47 Å². The molecule has 1 aliphatic carbocycles. The minimum Gasteiger partial charge on any atom is -0.464 e. The van der Waals surface area contributed by atoms with Gasteiger partial charge in [-0.25, -0.2) is 9.59 Å². The zero-order valence-electron chi connectivity index (χ0n) is 12.7. The Balaban J connectivity index is 2.11. The Labute approximate surface area is 134 Å². The van der Waals surface area contributed by atoms with E-state index in [0.29, 0.717) is 37.3 Å². The Morgan fingerprint density at radius 3 is 2.62 bits per heavy atom. The second kappa shape index (κ2) is 7.47. The molecule has 21 heavy (non-hydrogen) atoms. The standard InChI is InChI=1S/C15H24BrNO4/c1-3-21-14(18)13-7-12-6-10(8-16)4-5-11(12)9-17(13)15(19)20-2/h10-13H,3-9H2,1-2H3/t10-,11-,12?,13?/m0/s1. The molecule has 0 spiro atoms. The predicted molar refractivity (Wildman–Crippen MR) is 82.3 cm³/mol. The summed E-state index contributed by atoms with van der Waals surface area (Å²) in [6.07, 6.45) is 3.70. The fourth-order valence-electron chi connectivity index (χ4n) is 3.67. The number of piperidine rings is 1. The third kappa shape index (κ3) is 3.71. The van der Waals surface area contributed by atoms with Crippen LogP contribution in [-0.4, -0.2) is 48.6 Å². The van der Waals surface area contributed by atoms with Crippen LogP contribution in [0.5, 0.6) is 0 Å². The van der Waals surface area contributed by atoms with Crippen LogP contribution in [0.3, 0.4) is 0 Å². The molecule has 1 aliphatic heterocycles. The fourth-order valence-corrected chi connectivity index (χ4v) is 4.26. The van der Waals surface area contributed by atoms with E-state index in [0.717, 1.165) is 18.2 Å². The van der Waals surface area contributed by atoms with Crippen molar-refractivity contribution < 1.29 is 19.1 Å².